The number of benzene rings is 2. The lowest BCUT2D eigenvalue weighted by molar-refractivity contribution is -0.129. The summed E-state index contributed by atoms with van der Waals surface area (Å²) in [5.74, 6) is -0.196. The summed E-state index contributed by atoms with van der Waals surface area (Å²) in [4.78, 5) is 26.4. The van der Waals surface area contributed by atoms with Crippen molar-refractivity contribution in [1.29, 1.82) is 0 Å². The third-order valence-corrected chi connectivity index (χ3v) is 4.81. The first kappa shape index (κ1) is 17.2. The molecule has 1 aliphatic heterocycles. The van der Waals surface area contributed by atoms with Crippen LogP contribution in [0.5, 0.6) is 0 Å². The summed E-state index contributed by atoms with van der Waals surface area (Å²) in [6.07, 6.45) is 1.14. The minimum absolute atomic E-state index is 0.0289. The molecule has 1 aliphatic rings. The number of nitrogens with one attached hydrogen (secondary N) is 1. The molecule has 25 heavy (non-hydrogen) atoms. The third-order valence-electron chi connectivity index (χ3n) is 4.81. The molecule has 1 atom stereocenters. The summed E-state index contributed by atoms with van der Waals surface area (Å²) in [5.41, 5.74) is 3.48. The predicted molar refractivity (Wildman–Crippen MR) is 97.9 cm³/mol. The Balaban J connectivity index is 1.49. The minimum atomic E-state index is -0.243. The van der Waals surface area contributed by atoms with Crippen molar-refractivity contribution in [1.82, 2.24) is 10.2 Å². The van der Waals surface area contributed by atoms with Gasteiger partial charge in [0, 0.05) is 26.1 Å². The monoisotopic (exact) mass is 336 g/mol. The van der Waals surface area contributed by atoms with Crippen LogP contribution in [0.15, 0.2) is 54.6 Å². The summed E-state index contributed by atoms with van der Waals surface area (Å²) < 4.78 is 0. The molecule has 3 rings (SSSR count). The second kappa shape index (κ2) is 7.97. The van der Waals surface area contributed by atoms with E-state index in [1.807, 2.05) is 54.3 Å². The molecule has 2 aromatic rings. The van der Waals surface area contributed by atoms with Gasteiger partial charge in [-0.25, -0.2) is 0 Å². The summed E-state index contributed by atoms with van der Waals surface area (Å²) >= 11 is 0. The molecule has 0 unspecified atom stereocenters. The average Bonchev–Trinajstić information content (AvgIpc) is 3.01. The van der Waals surface area contributed by atoms with E-state index in [4.69, 9.17) is 0 Å². The molecule has 4 heteroatoms. The van der Waals surface area contributed by atoms with Crippen molar-refractivity contribution in [3.05, 3.63) is 71.3 Å². The van der Waals surface area contributed by atoms with Crippen LogP contribution in [-0.2, 0) is 22.6 Å². The van der Waals surface area contributed by atoms with Crippen molar-refractivity contribution in [2.75, 3.05) is 13.1 Å². The van der Waals surface area contributed by atoms with Crippen LogP contribution in [0.4, 0.5) is 0 Å². The van der Waals surface area contributed by atoms with E-state index in [0.717, 1.165) is 17.5 Å². The Hall–Kier alpha value is -2.62. The maximum atomic E-state index is 12.4. The average molecular weight is 336 g/mol. The summed E-state index contributed by atoms with van der Waals surface area (Å²) in [6, 6.07) is 18.1. The Morgan fingerprint density at radius 2 is 1.84 bits per heavy atom. The molecular weight excluding hydrogens is 312 g/mol. The smallest absolute Gasteiger partial charge is 0.225 e. The van der Waals surface area contributed by atoms with Crippen molar-refractivity contribution in [3.63, 3.8) is 0 Å². The molecule has 1 fully saturated rings. The van der Waals surface area contributed by atoms with Gasteiger partial charge >= 0.3 is 0 Å². The first-order chi connectivity index (χ1) is 12.1. The van der Waals surface area contributed by atoms with Gasteiger partial charge in [0.2, 0.25) is 11.8 Å². The lowest BCUT2D eigenvalue weighted by atomic mass is 10.1. The Labute approximate surface area is 148 Å². The van der Waals surface area contributed by atoms with Crippen LogP contribution in [0.3, 0.4) is 0 Å². The van der Waals surface area contributed by atoms with Gasteiger partial charge in [0.25, 0.3) is 0 Å². The number of amides is 2. The molecule has 0 radical (unpaired) electrons. The molecule has 0 aliphatic carbocycles. The van der Waals surface area contributed by atoms with E-state index < -0.39 is 0 Å². The van der Waals surface area contributed by atoms with Gasteiger partial charge in [0.1, 0.15) is 0 Å². The fourth-order valence-electron chi connectivity index (χ4n) is 3.21. The van der Waals surface area contributed by atoms with Crippen molar-refractivity contribution in [2.24, 2.45) is 5.92 Å². The quantitative estimate of drug-likeness (QED) is 0.882. The second-order valence-electron chi connectivity index (χ2n) is 6.62. The number of rotatable bonds is 6. The second-order valence-corrected chi connectivity index (χ2v) is 6.62. The standard InChI is InChI=1S/C21H24N2O2/c1-16-7-5-6-10-18(16)14-22-21(25)19-13-20(24)23(15-19)12-11-17-8-3-2-4-9-17/h2-10,19H,11-15H2,1H3,(H,22,25)/t19-/m1/s1. The molecule has 1 heterocycles. The highest BCUT2D eigenvalue weighted by molar-refractivity contribution is 5.89. The van der Waals surface area contributed by atoms with Gasteiger partial charge in [-0.15, -0.1) is 0 Å². The van der Waals surface area contributed by atoms with Crippen LogP contribution in [0.2, 0.25) is 0 Å². The van der Waals surface area contributed by atoms with E-state index >= 15 is 0 Å². The Bertz CT molecular complexity index is 743. The fraction of sp³-hybridized carbons (Fsp3) is 0.333. The first-order valence-electron chi connectivity index (χ1n) is 8.77. The van der Waals surface area contributed by atoms with Gasteiger partial charge in [0.15, 0.2) is 0 Å². The van der Waals surface area contributed by atoms with Crippen LogP contribution in [0.25, 0.3) is 0 Å². The zero-order chi connectivity index (χ0) is 17.6. The molecule has 2 aromatic carbocycles. The van der Waals surface area contributed by atoms with E-state index in [0.29, 0.717) is 26.1 Å². The minimum Gasteiger partial charge on any atom is -0.352 e. The lowest BCUT2D eigenvalue weighted by Crippen LogP contribution is -2.33. The van der Waals surface area contributed by atoms with Crippen molar-refractivity contribution >= 4 is 11.8 Å². The molecule has 1 saturated heterocycles. The van der Waals surface area contributed by atoms with Crippen LogP contribution >= 0.6 is 0 Å². The fourth-order valence-corrected chi connectivity index (χ4v) is 3.21. The zero-order valence-corrected chi connectivity index (χ0v) is 14.6. The van der Waals surface area contributed by atoms with Gasteiger partial charge in [-0.3, -0.25) is 9.59 Å². The van der Waals surface area contributed by atoms with Crippen LogP contribution in [0.1, 0.15) is 23.1 Å². The summed E-state index contributed by atoms with van der Waals surface area (Å²) in [6.45, 7) is 3.74. The van der Waals surface area contributed by atoms with E-state index in [-0.39, 0.29) is 17.7 Å². The van der Waals surface area contributed by atoms with E-state index in [1.54, 1.807) is 0 Å². The summed E-state index contributed by atoms with van der Waals surface area (Å²) in [5, 5.41) is 2.98. The zero-order valence-electron chi connectivity index (χ0n) is 14.6. The number of carbonyl (C=O) groups is 2. The van der Waals surface area contributed by atoms with E-state index in [1.165, 1.54) is 5.56 Å². The molecule has 4 nitrogen and oxygen atoms in total. The molecular formula is C21H24N2O2. The molecule has 0 saturated carbocycles. The van der Waals surface area contributed by atoms with Gasteiger partial charge in [-0.1, -0.05) is 54.6 Å². The van der Waals surface area contributed by atoms with Crippen molar-refractivity contribution in [3.8, 4) is 0 Å². The Morgan fingerprint density at radius 1 is 1.12 bits per heavy atom. The number of carbonyl (C=O) groups excluding carboxylic acids is 2. The Morgan fingerprint density at radius 3 is 2.60 bits per heavy atom. The van der Waals surface area contributed by atoms with Crippen molar-refractivity contribution in [2.45, 2.75) is 26.3 Å². The Kier molecular flexibility index (Phi) is 5.49. The van der Waals surface area contributed by atoms with E-state index in [2.05, 4.69) is 17.4 Å². The topological polar surface area (TPSA) is 49.4 Å². The van der Waals surface area contributed by atoms with Gasteiger partial charge in [-0.2, -0.15) is 0 Å². The maximum Gasteiger partial charge on any atom is 0.225 e. The van der Waals surface area contributed by atoms with E-state index in [9.17, 15) is 9.59 Å². The maximum absolute atomic E-state index is 12.4. The highest BCUT2D eigenvalue weighted by atomic mass is 16.2. The highest BCUT2D eigenvalue weighted by Gasteiger charge is 2.33. The molecule has 0 aromatic heterocycles. The summed E-state index contributed by atoms with van der Waals surface area (Å²) in [7, 11) is 0. The van der Waals surface area contributed by atoms with Gasteiger partial charge < -0.3 is 10.2 Å². The van der Waals surface area contributed by atoms with Crippen LogP contribution in [-0.4, -0.2) is 29.8 Å². The number of hydrogen-bond acceptors (Lipinski definition) is 2. The number of hydrogen-bond donors (Lipinski definition) is 1. The number of aryl methyl sites for hydroxylation is 1. The largest absolute Gasteiger partial charge is 0.352 e. The normalized spacial score (nSPS) is 16.9. The first-order valence-corrected chi connectivity index (χ1v) is 8.77. The van der Waals surface area contributed by atoms with Gasteiger partial charge in [0.05, 0.1) is 5.92 Å². The third kappa shape index (κ3) is 4.47. The molecule has 0 spiro atoms. The lowest BCUT2D eigenvalue weighted by Gasteiger charge is -2.16. The molecule has 1 N–H and O–H groups in total. The molecule has 130 valence electrons. The highest BCUT2D eigenvalue weighted by Crippen LogP contribution is 2.19. The van der Waals surface area contributed by atoms with Crippen LogP contribution < -0.4 is 5.32 Å². The predicted octanol–water partition coefficient (Wildman–Crippen LogP) is 2.70. The van der Waals surface area contributed by atoms with Crippen molar-refractivity contribution < 1.29 is 9.59 Å². The van der Waals surface area contributed by atoms with Crippen LogP contribution in [0, 0.1) is 12.8 Å². The molecule has 2 amide bonds. The number of likely N-dealkylation sites (tertiary alicyclic amines) is 1. The SMILES string of the molecule is Cc1ccccc1CNC(=O)[C@@H]1CC(=O)N(CCc2ccccc2)C1. The van der Waals surface area contributed by atoms with Gasteiger partial charge in [-0.05, 0) is 30.0 Å². The molecule has 0 bridgehead atoms. The number of nitrogens with zero attached hydrogens (tertiary/aromatic N) is 1.